The van der Waals surface area contributed by atoms with Gasteiger partial charge in [-0.05, 0) is 74.6 Å². The van der Waals surface area contributed by atoms with E-state index >= 15 is 0 Å². The molecule has 2 aromatic carbocycles. The van der Waals surface area contributed by atoms with Gasteiger partial charge in [-0.25, -0.2) is 18.4 Å². The highest BCUT2D eigenvalue weighted by Crippen LogP contribution is 2.36. The zero-order valence-corrected chi connectivity index (χ0v) is 19.9. The van der Waals surface area contributed by atoms with Gasteiger partial charge in [-0.3, -0.25) is 4.79 Å². The van der Waals surface area contributed by atoms with Gasteiger partial charge < -0.3 is 15.0 Å². The van der Waals surface area contributed by atoms with Crippen LogP contribution in [0.2, 0.25) is 0 Å². The summed E-state index contributed by atoms with van der Waals surface area (Å²) in [7, 11) is -3.96. The molecule has 3 rings (SSSR count). The first-order valence-corrected chi connectivity index (χ1v) is 12.8. The predicted octanol–water partition coefficient (Wildman–Crippen LogP) is 2.77. The van der Waals surface area contributed by atoms with Crippen LogP contribution in [-0.4, -0.2) is 46.5 Å². The minimum Gasteiger partial charge on any atom is -0.462 e. The maximum atomic E-state index is 13.3. The van der Waals surface area contributed by atoms with Crippen LogP contribution in [0.4, 0.5) is 5.69 Å². The Morgan fingerprint density at radius 2 is 1.73 bits per heavy atom. The normalized spacial score (nSPS) is 15.1. The van der Waals surface area contributed by atoms with Crippen molar-refractivity contribution in [3.8, 4) is 0 Å². The van der Waals surface area contributed by atoms with Gasteiger partial charge >= 0.3 is 5.97 Å². The number of esters is 1. The number of piperidine rings is 1. The number of amides is 1. The van der Waals surface area contributed by atoms with E-state index in [-0.39, 0.29) is 17.4 Å². The van der Waals surface area contributed by atoms with Gasteiger partial charge in [0.15, 0.2) is 0 Å². The van der Waals surface area contributed by atoms with E-state index < -0.39 is 21.9 Å². The molecule has 1 heterocycles. The largest absolute Gasteiger partial charge is 0.462 e. The fourth-order valence-electron chi connectivity index (χ4n) is 4.14. The number of hydrogen-bond donors (Lipinski definition) is 2. The Bertz CT molecular complexity index is 1090. The van der Waals surface area contributed by atoms with Crippen molar-refractivity contribution in [1.82, 2.24) is 5.32 Å². The molecule has 1 aliphatic heterocycles. The molecule has 1 aliphatic rings. The number of nitrogens with two attached hydrogens (primary N) is 1. The molecule has 1 amide bonds. The summed E-state index contributed by atoms with van der Waals surface area (Å²) in [6.45, 7) is 5.90. The Hall–Kier alpha value is -2.91. The zero-order valence-electron chi connectivity index (χ0n) is 19.0. The zero-order chi connectivity index (χ0) is 24.0. The lowest BCUT2D eigenvalue weighted by Gasteiger charge is -2.32. The maximum absolute atomic E-state index is 13.3. The molecule has 1 saturated heterocycles. The lowest BCUT2D eigenvalue weighted by Crippen LogP contribution is -2.34. The molecular weight excluding hydrogens is 442 g/mol. The standard InChI is InChI=1S/C24H31N3O5S/c1-3-26-23(28)22(17-8-10-18(11-9-17)24(29)32-4-2)20-16-19(33(25,30)31)12-13-21(20)27-14-6-5-7-15-27/h8-13,16,22H,3-7,14-15H2,1-2H3,(H,26,28)(H2,25,30,31). The first-order valence-electron chi connectivity index (χ1n) is 11.2. The third-order valence-corrected chi connectivity index (χ3v) is 6.61. The molecule has 0 bridgehead atoms. The quantitative estimate of drug-likeness (QED) is 0.569. The second kappa shape index (κ2) is 10.8. The van der Waals surface area contributed by atoms with Crippen molar-refractivity contribution in [2.45, 2.75) is 43.9 Å². The highest BCUT2D eigenvalue weighted by molar-refractivity contribution is 7.89. The molecular formula is C24H31N3O5S. The predicted molar refractivity (Wildman–Crippen MR) is 127 cm³/mol. The van der Waals surface area contributed by atoms with Crippen LogP contribution < -0.4 is 15.4 Å². The van der Waals surface area contributed by atoms with Crippen LogP contribution >= 0.6 is 0 Å². The van der Waals surface area contributed by atoms with E-state index in [1.165, 1.54) is 12.1 Å². The lowest BCUT2D eigenvalue weighted by molar-refractivity contribution is -0.121. The van der Waals surface area contributed by atoms with Crippen LogP contribution in [0.15, 0.2) is 47.4 Å². The number of nitrogens with zero attached hydrogens (tertiary/aromatic N) is 1. The number of carbonyl (C=O) groups is 2. The molecule has 0 saturated carbocycles. The van der Waals surface area contributed by atoms with Gasteiger partial charge in [-0.15, -0.1) is 0 Å². The number of likely N-dealkylation sites (N-methyl/N-ethyl adjacent to an activating group) is 1. The third-order valence-electron chi connectivity index (χ3n) is 5.70. The van der Waals surface area contributed by atoms with Gasteiger partial charge in [0, 0.05) is 25.3 Å². The summed E-state index contributed by atoms with van der Waals surface area (Å²) in [6.07, 6.45) is 3.18. The number of carbonyl (C=O) groups excluding carboxylic acids is 2. The minimum absolute atomic E-state index is 0.0456. The summed E-state index contributed by atoms with van der Waals surface area (Å²) >= 11 is 0. The van der Waals surface area contributed by atoms with Crippen LogP contribution in [0.1, 0.15) is 60.5 Å². The van der Waals surface area contributed by atoms with Gasteiger partial charge in [0.2, 0.25) is 15.9 Å². The van der Waals surface area contributed by atoms with Crippen LogP contribution in [0.3, 0.4) is 0 Å². The molecule has 9 heteroatoms. The monoisotopic (exact) mass is 473 g/mol. The van der Waals surface area contributed by atoms with E-state index in [1.54, 1.807) is 37.3 Å². The molecule has 33 heavy (non-hydrogen) atoms. The van der Waals surface area contributed by atoms with E-state index in [4.69, 9.17) is 9.88 Å². The van der Waals surface area contributed by atoms with Crippen molar-refractivity contribution < 1.29 is 22.7 Å². The summed E-state index contributed by atoms with van der Waals surface area (Å²) in [5.74, 6) is -1.48. The van der Waals surface area contributed by atoms with Crippen LogP contribution in [0.25, 0.3) is 0 Å². The van der Waals surface area contributed by atoms with Crippen LogP contribution in [0, 0.1) is 0 Å². The molecule has 0 radical (unpaired) electrons. The van der Waals surface area contributed by atoms with Gasteiger partial charge in [-0.2, -0.15) is 0 Å². The maximum Gasteiger partial charge on any atom is 0.338 e. The number of rotatable bonds is 8. The smallest absolute Gasteiger partial charge is 0.338 e. The number of ether oxygens (including phenoxy) is 1. The second-order valence-electron chi connectivity index (χ2n) is 7.98. The number of sulfonamides is 1. The van der Waals surface area contributed by atoms with Crippen molar-refractivity contribution in [3.05, 3.63) is 59.2 Å². The fourth-order valence-corrected chi connectivity index (χ4v) is 4.69. The Balaban J connectivity index is 2.14. The van der Waals surface area contributed by atoms with Crippen molar-refractivity contribution in [2.24, 2.45) is 5.14 Å². The second-order valence-corrected chi connectivity index (χ2v) is 9.54. The Labute approximate surface area is 195 Å². The van der Waals surface area contributed by atoms with Crippen molar-refractivity contribution in [1.29, 1.82) is 0 Å². The summed E-state index contributed by atoms with van der Waals surface area (Å²) < 4.78 is 29.3. The first kappa shape index (κ1) is 24.7. The molecule has 8 nitrogen and oxygen atoms in total. The topological polar surface area (TPSA) is 119 Å². The summed E-state index contributed by atoms with van der Waals surface area (Å²) in [5, 5.41) is 8.27. The van der Waals surface area contributed by atoms with Gasteiger partial charge in [0.1, 0.15) is 0 Å². The van der Waals surface area contributed by atoms with E-state index in [2.05, 4.69) is 10.2 Å². The fraction of sp³-hybridized carbons (Fsp3) is 0.417. The molecule has 0 spiro atoms. The lowest BCUT2D eigenvalue weighted by atomic mass is 9.88. The van der Waals surface area contributed by atoms with E-state index in [0.29, 0.717) is 23.2 Å². The molecule has 178 valence electrons. The number of anilines is 1. The molecule has 1 atom stereocenters. The van der Waals surface area contributed by atoms with Crippen molar-refractivity contribution >= 4 is 27.6 Å². The molecule has 0 aromatic heterocycles. The summed E-state index contributed by atoms with van der Waals surface area (Å²) in [5.41, 5.74) is 2.40. The average molecular weight is 474 g/mol. The number of nitrogens with one attached hydrogen (secondary N) is 1. The van der Waals surface area contributed by atoms with E-state index in [1.807, 2.05) is 6.92 Å². The van der Waals surface area contributed by atoms with E-state index in [9.17, 15) is 18.0 Å². The number of hydrogen-bond acceptors (Lipinski definition) is 6. The summed E-state index contributed by atoms with van der Waals surface area (Å²) in [4.78, 5) is 27.5. The Morgan fingerprint density at radius 1 is 1.06 bits per heavy atom. The van der Waals surface area contributed by atoms with Crippen molar-refractivity contribution in [2.75, 3.05) is 31.1 Å². The van der Waals surface area contributed by atoms with Crippen LogP contribution in [-0.2, 0) is 19.6 Å². The molecule has 1 fully saturated rings. The van der Waals surface area contributed by atoms with Crippen LogP contribution in [0.5, 0.6) is 0 Å². The average Bonchev–Trinajstić information content (AvgIpc) is 2.80. The highest BCUT2D eigenvalue weighted by Gasteiger charge is 2.29. The molecule has 1 unspecified atom stereocenters. The number of primary sulfonamides is 1. The van der Waals surface area contributed by atoms with Gasteiger partial charge in [0.05, 0.1) is 23.0 Å². The Morgan fingerprint density at radius 3 is 2.30 bits per heavy atom. The van der Waals surface area contributed by atoms with Gasteiger partial charge in [0.25, 0.3) is 0 Å². The van der Waals surface area contributed by atoms with Gasteiger partial charge in [-0.1, -0.05) is 12.1 Å². The number of benzene rings is 2. The Kier molecular flexibility index (Phi) is 8.10. The third kappa shape index (κ3) is 5.91. The molecule has 0 aliphatic carbocycles. The SMILES string of the molecule is CCNC(=O)C(c1ccc(C(=O)OCC)cc1)c1cc(S(N)(=O)=O)ccc1N1CCCCC1. The summed E-state index contributed by atoms with van der Waals surface area (Å²) in [6, 6.07) is 11.4. The first-order chi connectivity index (χ1) is 15.8. The highest BCUT2D eigenvalue weighted by atomic mass is 32.2. The van der Waals surface area contributed by atoms with E-state index in [0.717, 1.165) is 38.0 Å². The minimum atomic E-state index is -3.96. The molecule has 2 aromatic rings. The van der Waals surface area contributed by atoms with Crippen molar-refractivity contribution in [3.63, 3.8) is 0 Å². The molecule has 3 N–H and O–H groups in total.